The zero-order chi connectivity index (χ0) is 25.4. The lowest BCUT2D eigenvalue weighted by molar-refractivity contribution is -0.136. The summed E-state index contributed by atoms with van der Waals surface area (Å²) in [5.74, 6) is -0.602. The largest absolute Gasteiger partial charge is 0.507 e. The molecular formula is C23H40O9. The number of phenols is 1. The van der Waals surface area contributed by atoms with Crippen molar-refractivity contribution in [3.63, 3.8) is 0 Å². The fourth-order valence-corrected chi connectivity index (χ4v) is 2.80. The smallest absolute Gasteiger partial charge is 0.303 e. The van der Waals surface area contributed by atoms with Gasteiger partial charge < -0.3 is 40.9 Å². The van der Waals surface area contributed by atoms with Crippen molar-refractivity contribution in [1.29, 1.82) is 0 Å². The number of aryl methyl sites for hydroxylation is 1. The van der Waals surface area contributed by atoms with Crippen LogP contribution in [0.2, 0.25) is 0 Å². The van der Waals surface area contributed by atoms with Gasteiger partial charge in [-0.05, 0) is 33.9 Å². The van der Waals surface area contributed by atoms with Gasteiger partial charge in [-0.3, -0.25) is 4.79 Å². The molecule has 9 heteroatoms. The quantitative estimate of drug-likeness (QED) is 0.273. The van der Waals surface area contributed by atoms with E-state index in [4.69, 9.17) is 35.7 Å². The van der Waals surface area contributed by atoms with E-state index in [1.807, 2.05) is 12.1 Å². The molecule has 1 aromatic carbocycles. The summed E-state index contributed by atoms with van der Waals surface area (Å²) in [4.78, 5) is 10.8. The minimum atomic E-state index is -1.67. The van der Waals surface area contributed by atoms with Gasteiger partial charge in [0.15, 0.2) is 0 Å². The van der Waals surface area contributed by atoms with Crippen LogP contribution in [0, 0.1) is 0 Å². The molecule has 0 aliphatic rings. The Balaban J connectivity index is 0.000000687. The monoisotopic (exact) mass is 460 g/mol. The second-order valence-electron chi connectivity index (χ2n) is 9.91. The number of aromatic hydroxyl groups is 1. The SMILES string of the molecule is CC(C)(C)c1cc(CCC(=O)O)c(O)c(C(C)(C)C)c1.OCC(O)C(O)C(O)C(O)CO. The summed E-state index contributed by atoms with van der Waals surface area (Å²) in [6.45, 7) is 11.1. The molecule has 0 heterocycles. The molecule has 0 saturated carbocycles. The van der Waals surface area contributed by atoms with Gasteiger partial charge in [0.25, 0.3) is 0 Å². The highest BCUT2D eigenvalue weighted by molar-refractivity contribution is 5.67. The molecule has 1 aromatic rings. The Morgan fingerprint density at radius 1 is 0.844 bits per heavy atom. The van der Waals surface area contributed by atoms with Gasteiger partial charge in [0.05, 0.1) is 13.2 Å². The molecule has 0 bridgehead atoms. The van der Waals surface area contributed by atoms with E-state index in [0.29, 0.717) is 6.42 Å². The van der Waals surface area contributed by atoms with Crippen LogP contribution < -0.4 is 0 Å². The summed E-state index contributed by atoms with van der Waals surface area (Å²) in [7, 11) is 0. The molecule has 0 saturated heterocycles. The molecule has 0 spiro atoms. The first-order chi connectivity index (χ1) is 14.5. The molecule has 0 radical (unpaired) electrons. The highest BCUT2D eigenvalue weighted by atomic mass is 16.4. The Kier molecular flexibility index (Phi) is 11.8. The molecule has 0 fully saturated rings. The number of rotatable bonds is 8. The standard InChI is InChI=1S/C17H26O3.C6H14O6/c1-16(2,3)12-9-11(7-8-14(18)19)15(20)13(10-12)17(4,5)6;7-1-3(9)5(11)6(12)4(10)2-8/h9-10,20H,7-8H2,1-6H3,(H,18,19);3-12H,1-2H2. The van der Waals surface area contributed by atoms with Gasteiger partial charge in [-0.2, -0.15) is 0 Å². The first-order valence-electron chi connectivity index (χ1n) is 10.5. The maximum Gasteiger partial charge on any atom is 0.303 e. The van der Waals surface area contributed by atoms with Gasteiger partial charge >= 0.3 is 5.97 Å². The molecule has 186 valence electrons. The normalized spacial score (nSPS) is 15.9. The second-order valence-corrected chi connectivity index (χ2v) is 9.91. The van der Waals surface area contributed by atoms with Crippen molar-refractivity contribution in [2.75, 3.05) is 13.2 Å². The number of hydrogen-bond donors (Lipinski definition) is 8. The Hall–Kier alpha value is -1.75. The zero-order valence-corrected chi connectivity index (χ0v) is 19.8. The van der Waals surface area contributed by atoms with Crippen molar-refractivity contribution < 1.29 is 45.6 Å². The number of hydrogen-bond acceptors (Lipinski definition) is 8. The third-order valence-corrected chi connectivity index (χ3v) is 4.98. The van der Waals surface area contributed by atoms with E-state index < -0.39 is 43.6 Å². The third kappa shape index (κ3) is 9.40. The van der Waals surface area contributed by atoms with Crippen molar-refractivity contribution in [2.45, 2.75) is 89.6 Å². The molecule has 8 N–H and O–H groups in total. The maximum atomic E-state index is 10.8. The first-order valence-corrected chi connectivity index (χ1v) is 10.5. The lowest BCUT2D eigenvalue weighted by Gasteiger charge is -2.27. The van der Waals surface area contributed by atoms with Crippen LogP contribution in [0.15, 0.2) is 12.1 Å². The highest BCUT2D eigenvalue weighted by Crippen LogP contribution is 2.38. The predicted molar refractivity (Wildman–Crippen MR) is 120 cm³/mol. The summed E-state index contributed by atoms with van der Waals surface area (Å²) in [5, 5.41) is 71.5. The third-order valence-electron chi connectivity index (χ3n) is 4.98. The lowest BCUT2D eigenvalue weighted by Crippen LogP contribution is -2.46. The van der Waals surface area contributed by atoms with E-state index in [1.54, 1.807) is 0 Å². The van der Waals surface area contributed by atoms with Crippen LogP contribution in [0.5, 0.6) is 5.75 Å². The Morgan fingerprint density at radius 3 is 1.59 bits per heavy atom. The second kappa shape index (κ2) is 12.5. The summed E-state index contributed by atoms with van der Waals surface area (Å²) < 4.78 is 0. The highest BCUT2D eigenvalue weighted by Gasteiger charge is 2.29. The van der Waals surface area contributed by atoms with E-state index in [0.717, 1.165) is 16.7 Å². The van der Waals surface area contributed by atoms with Crippen molar-refractivity contribution in [3.8, 4) is 5.75 Å². The number of aliphatic hydroxyl groups excluding tert-OH is 6. The molecule has 0 aliphatic heterocycles. The molecule has 4 unspecified atom stereocenters. The molecule has 1 rings (SSSR count). The minimum absolute atomic E-state index is 0.0325. The number of phenolic OH excluding ortho intramolecular Hbond substituents is 1. The average Bonchev–Trinajstić information content (AvgIpc) is 2.69. The van der Waals surface area contributed by atoms with Gasteiger partial charge in [-0.1, -0.05) is 53.7 Å². The van der Waals surface area contributed by atoms with Crippen LogP contribution in [0.1, 0.15) is 64.7 Å². The number of carboxylic acid groups (broad SMARTS) is 1. The number of aliphatic hydroxyl groups is 6. The van der Waals surface area contributed by atoms with Crippen LogP contribution >= 0.6 is 0 Å². The number of carboxylic acids is 1. The average molecular weight is 461 g/mol. The van der Waals surface area contributed by atoms with E-state index in [9.17, 15) is 9.90 Å². The van der Waals surface area contributed by atoms with Crippen LogP contribution in [-0.2, 0) is 22.0 Å². The summed E-state index contributed by atoms with van der Waals surface area (Å²) in [6, 6.07) is 3.98. The molecule has 32 heavy (non-hydrogen) atoms. The van der Waals surface area contributed by atoms with E-state index in [-0.39, 0.29) is 23.0 Å². The number of aliphatic carboxylic acids is 1. The van der Waals surface area contributed by atoms with Gasteiger partial charge in [-0.15, -0.1) is 0 Å². The molecule has 0 aromatic heterocycles. The van der Waals surface area contributed by atoms with Crippen molar-refractivity contribution in [2.24, 2.45) is 0 Å². The van der Waals surface area contributed by atoms with Crippen molar-refractivity contribution in [3.05, 3.63) is 28.8 Å². The molecule has 0 aliphatic carbocycles. The summed E-state index contributed by atoms with van der Waals surface area (Å²) in [6.07, 6.45) is -6.00. The summed E-state index contributed by atoms with van der Waals surface area (Å²) in [5.41, 5.74) is 2.52. The minimum Gasteiger partial charge on any atom is -0.507 e. The molecule has 0 amide bonds. The maximum absolute atomic E-state index is 10.8. The Bertz CT molecular complexity index is 705. The van der Waals surface area contributed by atoms with Crippen LogP contribution in [0.3, 0.4) is 0 Å². The number of carbonyl (C=O) groups is 1. The fourth-order valence-electron chi connectivity index (χ4n) is 2.80. The van der Waals surface area contributed by atoms with Crippen molar-refractivity contribution >= 4 is 5.97 Å². The zero-order valence-electron chi connectivity index (χ0n) is 19.8. The van der Waals surface area contributed by atoms with E-state index >= 15 is 0 Å². The Morgan fingerprint density at radius 2 is 1.28 bits per heavy atom. The lowest BCUT2D eigenvalue weighted by atomic mass is 9.78. The topological polar surface area (TPSA) is 179 Å². The molecular weight excluding hydrogens is 420 g/mol. The van der Waals surface area contributed by atoms with Gasteiger partial charge in [-0.25, -0.2) is 0 Å². The molecule has 4 atom stereocenters. The van der Waals surface area contributed by atoms with Crippen LogP contribution in [0.4, 0.5) is 0 Å². The van der Waals surface area contributed by atoms with E-state index in [1.165, 1.54) is 0 Å². The predicted octanol–water partition coefficient (Wildman–Crippen LogP) is 0.419. The molecule has 9 nitrogen and oxygen atoms in total. The van der Waals surface area contributed by atoms with Gasteiger partial charge in [0.2, 0.25) is 0 Å². The van der Waals surface area contributed by atoms with Crippen LogP contribution in [0.25, 0.3) is 0 Å². The van der Waals surface area contributed by atoms with Crippen molar-refractivity contribution in [1.82, 2.24) is 0 Å². The Labute approximate surface area is 189 Å². The van der Waals surface area contributed by atoms with Gasteiger partial charge in [0, 0.05) is 6.42 Å². The first kappa shape index (κ1) is 30.2. The fraction of sp³-hybridized carbons (Fsp3) is 0.696. The number of benzene rings is 1. The summed E-state index contributed by atoms with van der Waals surface area (Å²) >= 11 is 0. The van der Waals surface area contributed by atoms with Gasteiger partial charge in [0.1, 0.15) is 30.2 Å². The van der Waals surface area contributed by atoms with E-state index in [2.05, 4.69) is 41.5 Å². The van der Waals surface area contributed by atoms with Crippen LogP contribution in [-0.4, -0.2) is 84.5 Å².